The van der Waals surface area contributed by atoms with Crippen molar-refractivity contribution in [3.8, 4) is 0 Å². The molecule has 0 unspecified atom stereocenters. The Morgan fingerprint density at radius 3 is 2.33 bits per heavy atom. The van der Waals surface area contributed by atoms with E-state index in [1.54, 1.807) is 12.1 Å². The molecular formula is C17H12BrNOS. The third-order valence-corrected chi connectivity index (χ3v) is 4.35. The van der Waals surface area contributed by atoms with Crippen LogP contribution in [0.3, 0.4) is 0 Å². The summed E-state index contributed by atoms with van der Waals surface area (Å²) in [5.41, 5.74) is 1.35. The summed E-state index contributed by atoms with van der Waals surface area (Å²) in [5.74, 6) is -0.159. The molecule has 0 saturated heterocycles. The monoisotopic (exact) mass is 357 g/mol. The van der Waals surface area contributed by atoms with Crippen LogP contribution >= 0.6 is 28.6 Å². The number of nitrogens with one attached hydrogen (secondary N) is 1. The minimum atomic E-state index is -0.159. The summed E-state index contributed by atoms with van der Waals surface area (Å²) in [6.07, 6.45) is 0. The zero-order valence-corrected chi connectivity index (χ0v) is 13.5. The molecule has 0 bridgehead atoms. The second kappa shape index (κ2) is 5.92. The minimum Gasteiger partial charge on any atom is -0.321 e. The molecule has 3 aromatic carbocycles. The Bertz CT molecular complexity index is 832. The van der Waals surface area contributed by atoms with Gasteiger partial charge in [0.05, 0.1) is 5.56 Å². The molecule has 1 amide bonds. The van der Waals surface area contributed by atoms with Crippen molar-refractivity contribution < 1.29 is 4.79 Å². The molecule has 1 N–H and O–H groups in total. The summed E-state index contributed by atoms with van der Waals surface area (Å²) in [4.78, 5) is 13.1. The highest BCUT2D eigenvalue weighted by Gasteiger charge is 2.11. The SMILES string of the molecule is O=C(Nc1ccc(Br)c2ccccc12)c1ccccc1S. The Morgan fingerprint density at radius 1 is 0.905 bits per heavy atom. The maximum Gasteiger partial charge on any atom is 0.256 e. The van der Waals surface area contributed by atoms with E-state index in [9.17, 15) is 4.79 Å². The zero-order chi connectivity index (χ0) is 14.8. The average Bonchev–Trinajstić information content (AvgIpc) is 2.51. The van der Waals surface area contributed by atoms with Crippen LogP contribution in [-0.4, -0.2) is 5.91 Å². The molecule has 0 aliphatic carbocycles. The van der Waals surface area contributed by atoms with Crippen LogP contribution in [-0.2, 0) is 0 Å². The number of rotatable bonds is 2. The first-order valence-corrected chi connectivity index (χ1v) is 7.67. The van der Waals surface area contributed by atoms with Gasteiger partial charge in [0.25, 0.3) is 5.91 Å². The molecule has 3 aromatic rings. The van der Waals surface area contributed by atoms with E-state index in [0.29, 0.717) is 10.5 Å². The smallest absolute Gasteiger partial charge is 0.256 e. The number of amides is 1. The number of hydrogen-bond acceptors (Lipinski definition) is 2. The van der Waals surface area contributed by atoms with Crippen molar-refractivity contribution >= 4 is 50.9 Å². The fourth-order valence-electron chi connectivity index (χ4n) is 2.23. The lowest BCUT2D eigenvalue weighted by atomic mass is 10.1. The van der Waals surface area contributed by atoms with Crippen LogP contribution in [0, 0.1) is 0 Å². The number of carbonyl (C=O) groups is 1. The first kappa shape index (κ1) is 14.2. The molecule has 4 heteroatoms. The van der Waals surface area contributed by atoms with Gasteiger partial charge < -0.3 is 5.32 Å². The van der Waals surface area contributed by atoms with Gasteiger partial charge in [-0.15, -0.1) is 12.6 Å². The fourth-order valence-corrected chi connectivity index (χ4v) is 2.97. The van der Waals surface area contributed by atoms with E-state index in [4.69, 9.17) is 0 Å². The van der Waals surface area contributed by atoms with Gasteiger partial charge in [0.2, 0.25) is 0 Å². The van der Waals surface area contributed by atoms with E-state index in [-0.39, 0.29) is 5.91 Å². The summed E-state index contributed by atoms with van der Waals surface area (Å²) in [7, 11) is 0. The van der Waals surface area contributed by atoms with Gasteiger partial charge in [-0.1, -0.05) is 52.3 Å². The Morgan fingerprint density at radius 2 is 1.57 bits per heavy atom. The van der Waals surface area contributed by atoms with Gasteiger partial charge in [-0.2, -0.15) is 0 Å². The van der Waals surface area contributed by atoms with Crippen LogP contribution < -0.4 is 5.32 Å². The molecule has 0 aromatic heterocycles. The molecule has 21 heavy (non-hydrogen) atoms. The van der Waals surface area contributed by atoms with Crippen LogP contribution in [0.25, 0.3) is 10.8 Å². The molecule has 0 spiro atoms. The van der Waals surface area contributed by atoms with E-state index in [1.807, 2.05) is 48.5 Å². The third-order valence-electron chi connectivity index (χ3n) is 3.27. The highest BCUT2D eigenvalue weighted by Crippen LogP contribution is 2.30. The van der Waals surface area contributed by atoms with E-state index < -0.39 is 0 Å². The van der Waals surface area contributed by atoms with Crippen molar-refractivity contribution in [1.82, 2.24) is 0 Å². The van der Waals surface area contributed by atoms with Crippen LogP contribution in [0.15, 0.2) is 70.0 Å². The Labute approximate surface area is 136 Å². The average molecular weight is 358 g/mol. The predicted molar refractivity (Wildman–Crippen MR) is 93.3 cm³/mol. The van der Waals surface area contributed by atoms with Gasteiger partial charge >= 0.3 is 0 Å². The number of thiol groups is 1. The molecule has 0 fully saturated rings. The molecule has 0 heterocycles. The normalized spacial score (nSPS) is 10.6. The number of carbonyl (C=O) groups excluding carboxylic acids is 1. The van der Waals surface area contributed by atoms with Crippen molar-refractivity contribution in [2.24, 2.45) is 0 Å². The van der Waals surface area contributed by atoms with E-state index in [2.05, 4.69) is 33.9 Å². The van der Waals surface area contributed by atoms with Crippen molar-refractivity contribution in [3.63, 3.8) is 0 Å². The number of benzene rings is 3. The molecule has 0 atom stereocenters. The van der Waals surface area contributed by atoms with Crippen LogP contribution in [0.4, 0.5) is 5.69 Å². The first-order chi connectivity index (χ1) is 10.2. The molecule has 104 valence electrons. The summed E-state index contributed by atoms with van der Waals surface area (Å²) < 4.78 is 1.01. The fraction of sp³-hybridized carbons (Fsp3) is 0. The summed E-state index contributed by atoms with van der Waals surface area (Å²) in [6, 6.07) is 19.0. The van der Waals surface area contributed by atoms with Gasteiger partial charge in [-0.3, -0.25) is 4.79 Å². The topological polar surface area (TPSA) is 29.1 Å². The van der Waals surface area contributed by atoms with E-state index in [1.165, 1.54) is 0 Å². The number of halogens is 1. The standard InChI is InChI=1S/C17H12BrNOS/c18-14-9-10-15(12-6-2-1-5-11(12)14)19-17(20)13-7-3-4-8-16(13)21/h1-10,21H,(H,19,20). The van der Waals surface area contributed by atoms with Crippen LogP contribution in [0.1, 0.15) is 10.4 Å². The molecule has 0 aliphatic rings. The Balaban J connectivity index is 2.01. The molecule has 0 saturated carbocycles. The van der Waals surface area contributed by atoms with Crippen molar-refractivity contribution in [1.29, 1.82) is 0 Å². The molecule has 0 radical (unpaired) electrons. The maximum atomic E-state index is 12.4. The first-order valence-electron chi connectivity index (χ1n) is 6.43. The van der Waals surface area contributed by atoms with Gasteiger partial charge in [0.1, 0.15) is 0 Å². The maximum absolute atomic E-state index is 12.4. The van der Waals surface area contributed by atoms with Crippen LogP contribution in [0.5, 0.6) is 0 Å². The molecule has 0 aliphatic heterocycles. The highest BCUT2D eigenvalue weighted by molar-refractivity contribution is 9.10. The number of fused-ring (bicyclic) bond motifs is 1. The van der Waals surface area contributed by atoms with Crippen molar-refractivity contribution in [3.05, 3.63) is 70.7 Å². The van der Waals surface area contributed by atoms with Crippen LogP contribution in [0.2, 0.25) is 0 Å². The van der Waals surface area contributed by atoms with Gasteiger partial charge in [-0.25, -0.2) is 0 Å². The highest BCUT2D eigenvalue weighted by atomic mass is 79.9. The van der Waals surface area contributed by atoms with Gasteiger partial charge in [0, 0.05) is 20.4 Å². The lowest BCUT2D eigenvalue weighted by Crippen LogP contribution is -2.12. The Kier molecular flexibility index (Phi) is 3.99. The summed E-state index contributed by atoms with van der Waals surface area (Å²) in [6.45, 7) is 0. The van der Waals surface area contributed by atoms with Gasteiger partial charge in [0.15, 0.2) is 0 Å². The second-order valence-electron chi connectivity index (χ2n) is 4.61. The van der Waals surface area contributed by atoms with Gasteiger partial charge in [-0.05, 0) is 29.7 Å². The lowest BCUT2D eigenvalue weighted by molar-refractivity contribution is 0.102. The lowest BCUT2D eigenvalue weighted by Gasteiger charge is -2.11. The molecule has 3 rings (SSSR count). The van der Waals surface area contributed by atoms with E-state index >= 15 is 0 Å². The van der Waals surface area contributed by atoms with Crippen molar-refractivity contribution in [2.75, 3.05) is 5.32 Å². The second-order valence-corrected chi connectivity index (χ2v) is 5.95. The molecule has 2 nitrogen and oxygen atoms in total. The summed E-state index contributed by atoms with van der Waals surface area (Å²) in [5, 5.41) is 5.02. The largest absolute Gasteiger partial charge is 0.321 e. The number of anilines is 1. The Hall–Kier alpha value is -1.78. The summed E-state index contributed by atoms with van der Waals surface area (Å²) >= 11 is 7.85. The predicted octanol–water partition coefficient (Wildman–Crippen LogP) is 5.14. The molecular weight excluding hydrogens is 346 g/mol. The quantitative estimate of drug-likeness (QED) is 0.610. The number of hydrogen-bond donors (Lipinski definition) is 2. The zero-order valence-electron chi connectivity index (χ0n) is 11.0. The van der Waals surface area contributed by atoms with E-state index in [0.717, 1.165) is 20.9 Å². The minimum absolute atomic E-state index is 0.159. The third kappa shape index (κ3) is 2.82. The van der Waals surface area contributed by atoms with Crippen molar-refractivity contribution in [2.45, 2.75) is 4.90 Å².